The number of aliphatic carboxylic acids is 1. The van der Waals surface area contributed by atoms with E-state index in [1.54, 1.807) is 0 Å². The van der Waals surface area contributed by atoms with E-state index in [9.17, 15) is 14.3 Å². The average molecular weight is 288 g/mol. The van der Waals surface area contributed by atoms with Gasteiger partial charge in [-0.1, -0.05) is 15.9 Å². The molecule has 3 N–H and O–H groups in total. The van der Waals surface area contributed by atoms with Crippen LogP contribution in [0.15, 0.2) is 22.7 Å². The predicted octanol–water partition coefficient (Wildman–Crippen LogP) is 2.03. The van der Waals surface area contributed by atoms with Crippen molar-refractivity contribution in [3.8, 4) is 0 Å². The quantitative estimate of drug-likeness (QED) is 0.875. The molecule has 16 heavy (non-hydrogen) atoms. The number of rotatable bonds is 2. The molecular formula is C11H11BrFNO2. The summed E-state index contributed by atoms with van der Waals surface area (Å²) in [6.07, 6.45) is 0.703. The summed E-state index contributed by atoms with van der Waals surface area (Å²) in [6, 6.07) is 3.97. The number of carboxylic acid groups (broad SMARTS) is 1. The highest BCUT2D eigenvalue weighted by Crippen LogP contribution is 2.46. The van der Waals surface area contributed by atoms with Crippen LogP contribution in [0.4, 0.5) is 4.39 Å². The maximum atomic E-state index is 13.2. The first-order valence-electron chi connectivity index (χ1n) is 4.90. The van der Waals surface area contributed by atoms with Crippen molar-refractivity contribution in [3.63, 3.8) is 0 Å². The topological polar surface area (TPSA) is 63.3 Å². The lowest BCUT2D eigenvalue weighted by atomic mass is 9.62. The number of nitrogens with two attached hydrogens (primary N) is 1. The third kappa shape index (κ3) is 1.64. The zero-order valence-electron chi connectivity index (χ0n) is 8.41. The van der Waals surface area contributed by atoms with Crippen LogP contribution >= 0.6 is 15.9 Å². The van der Waals surface area contributed by atoms with Crippen molar-refractivity contribution in [1.82, 2.24) is 0 Å². The molecule has 0 aliphatic heterocycles. The van der Waals surface area contributed by atoms with E-state index >= 15 is 0 Å². The summed E-state index contributed by atoms with van der Waals surface area (Å²) >= 11 is 3.26. The Morgan fingerprint density at radius 3 is 2.69 bits per heavy atom. The van der Waals surface area contributed by atoms with Gasteiger partial charge in [-0.2, -0.15) is 0 Å². The van der Waals surface area contributed by atoms with Gasteiger partial charge in [0.1, 0.15) is 5.82 Å². The molecule has 0 atom stereocenters. The van der Waals surface area contributed by atoms with Crippen molar-refractivity contribution in [1.29, 1.82) is 0 Å². The Balaban J connectivity index is 2.48. The lowest BCUT2D eigenvalue weighted by molar-refractivity contribution is -0.148. The molecule has 3 nitrogen and oxygen atoms in total. The van der Waals surface area contributed by atoms with Gasteiger partial charge in [-0.15, -0.1) is 0 Å². The third-order valence-corrected chi connectivity index (χ3v) is 3.77. The fraction of sp³-hybridized carbons (Fsp3) is 0.364. The molecule has 1 aliphatic carbocycles. The smallest absolute Gasteiger partial charge is 0.314 e. The molecule has 0 spiro atoms. The summed E-state index contributed by atoms with van der Waals surface area (Å²) in [5.41, 5.74) is 5.09. The van der Waals surface area contributed by atoms with Gasteiger partial charge in [0.2, 0.25) is 0 Å². The highest BCUT2D eigenvalue weighted by molar-refractivity contribution is 9.10. The van der Waals surface area contributed by atoms with Gasteiger partial charge in [0.25, 0.3) is 0 Å². The monoisotopic (exact) mass is 287 g/mol. The zero-order chi connectivity index (χ0) is 11.9. The molecule has 0 aromatic heterocycles. The number of halogens is 2. The van der Waals surface area contributed by atoms with Gasteiger partial charge in [0, 0.05) is 10.5 Å². The van der Waals surface area contributed by atoms with Gasteiger partial charge in [0.15, 0.2) is 0 Å². The minimum atomic E-state index is -1.03. The van der Waals surface area contributed by atoms with E-state index in [0.717, 1.165) is 0 Å². The lowest BCUT2D eigenvalue weighted by Gasteiger charge is -2.43. The molecule has 1 aromatic carbocycles. The van der Waals surface area contributed by atoms with Crippen LogP contribution in [-0.2, 0) is 10.2 Å². The molecule has 0 saturated heterocycles. The van der Waals surface area contributed by atoms with Gasteiger partial charge in [-0.05, 0) is 36.6 Å². The molecule has 0 amide bonds. The summed E-state index contributed by atoms with van der Waals surface area (Å²) in [5, 5.41) is 9.27. The van der Waals surface area contributed by atoms with E-state index in [-0.39, 0.29) is 6.04 Å². The Morgan fingerprint density at radius 2 is 2.19 bits per heavy atom. The fourth-order valence-electron chi connectivity index (χ4n) is 2.21. The Hall–Kier alpha value is -0.940. The molecule has 0 bridgehead atoms. The molecular weight excluding hydrogens is 277 g/mol. The van der Waals surface area contributed by atoms with Crippen LogP contribution in [0.25, 0.3) is 0 Å². The standard InChI is InChI=1S/C11H11BrFNO2/c12-9-2-1-6(13)3-8(9)11(10(15)16)4-7(14)5-11/h1-3,7H,4-5,14H2,(H,15,16). The largest absolute Gasteiger partial charge is 0.481 e. The van der Waals surface area contributed by atoms with Crippen LogP contribution in [0.1, 0.15) is 18.4 Å². The molecule has 2 rings (SSSR count). The van der Waals surface area contributed by atoms with Crippen molar-refractivity contribution < 1.29 is 14.3 Å². The molecule has 0 radical (unpaired) electrons. The fourth-order valence-corrected chi connectivity index (χ4v) is 2.84. The van der Waals surface area contributed by atoms with Crippen LogP contribution in [0.2, 0.25) is 0 Å². The van der Waals surface area contributed by atoms with E-state index in [1.807, 2.05) is 0 Å². The van der Waals surface area contributed by atoms with Crippen molar-refractivity contribution in [2.75, 3.05) is 0 Å². The van der Waals surface area contributed by atoms with Crippen LogP contribution in [-0.4, -0.2) is 17.1 Å². The Bertz CT molecular complexity index is 444. The predicted molar refractivity (Wildman–Crippen MR) is 60.6 cm³/mol. The molecule has 1 aliphatic rings. The summed E-state index contributed by atoms with van der Waals surface area (Å²) < 4.78 is 13.8. The maximum Gasteiger partial charge on any atom is 0.314 e. The Labute approximate surface area is 101 Å². The van der Waals surface area contributed by atoms with Crippen LogP contribution in [0.5, 0.6) is 0 Å². The van der Waals surface area contributed by atoms with Crippen LogP contribution in [0.3, 0.4) is 0 Å². The second-order valence-corrected chi connectivity index (χ2v) is 5.03. The molecule has 1 saturated carbocycles. The number of carboxylic acids is 1. The highest BCUT2D eigenvalue weighted by Gasteiger charge is 2.51. The van der Waals surface area contributed by atoms with Crippen molar-refractivity contribution in [3.05, 3.63) is 34.1 Å². The van der Waals surface area contributed by atoms with E-state index in [0.29, 0.717) is 22.9 Å². The molecule has 0 heterocycles. The van der Waals surface area contributed by atoms with E-state index in [1.165, 1.54) is 18.2 Å². The van der Waals surface area contributed by atoms with E-state index in [4.69, 9.17) is 5.73 Å². The molecule has 5 heteroatoms. The lowest BCUT2D eigenvalue weighted by Crippen LogP contribution is -2.54. The minimum Gasteiger partial charge on any atom is -0.481 e. The van der Waals surface area contributed by atoms with Crippen LogP contribution in [0, 0.1) is 5.82 Å². The van der Waals surface area contributed by atoms with Crippen LogP contribution < -0.4 is 5.73 Å². The number of benzene rings is 1. The first-order valence-corrected chi connectivity index (χ1v) is 5.69. The van der Waals surface area contributed by atoms with Crippen molar-refractivity contribution in [2.24, 2.45) is 5.73 Å². The number of hydrogen-bond acceptors (Lipinski definition) is 2. The first kappa shape index (κ1) is 11.5. The van der Waals surface area contributed by atoms with E-state index < -0.39 is 17.2 Å². The summed E-state index contributed by atoms with van der Waals surface area (Å²) in [6.45, 7) is 0. The second kappa shape index (κ2) is 3.82. The number of carbonyl (C=O) groups is 1. The summed E-state index contributed by atoms with van der Waals surface area (Å²) in [7, 11) is 0. The van der Waals surface area contributed by atoms with Gasteiger partial charge >= 0.3 is 5.97 Å². The summed E-state index contributed by atoms with van der Waals surface area (Å²) in [4.78, 5) is 11.3. The second-order valence-electron chi connectivity index (χ2n) is 4.18. The molecule has 86 valence electrons. The minimum absolute atomic E-state index is 0.119. The zero-order valence-corrected chi connectivity index (χ0v) is 10.00. The molecule has 1 fully saturated rings. The summed E-state index contributed by atoms with van der Waals surface area (Å²) in [5.74, 6) is -1.38. The first-order chi connectivity index (χ1) is 7.45. The number of hydrogen-bond donors (Lipinski definition) is 2. The van der Waals surface area contributed by atoms with Gasteiger partial charge < -0.3 is 10.8 Å². The van der Waals surface area contributed by atoms with Gasteiger partial charge in [-0.3, -0.25) is 4.79 Å². The third-order valence-electron chi connectivity index (χ3n) is 3.07. The van der Waals surface area contributed by atoms with Gasteiger partial charge in [-0.25, -0.2) is 4.39 Å². The van der Waals surface area contributed by atoms with Gasteiger partial charge in [0.05, 0.1) is 5.41 Å². The molecule has 1 aromatic rings. The van der Waals surface area contributed by atoms with Crippen molar-refractivity contribution >= 4 is 21.9 Å². The SMILES string of the molecule is NC1CC(C(=O)O)(c2cc(F)ccc2Br)C1. The van der Waals surface area contributed by atoms with E-state index in [2.05, 4.69) is 15.9 Å². The Morgan fingerprint density at radius 1 is 1.56 bits per heavy atom. The highest BCUT2D eigenvalue weighted by atomic mass is 79.9. The average Bonchev–Trinajstić information content (AvgIpc) is 2.16. The Kier molecular flexibility index (Phi) is 2.75. The van der Waals surface area contributed by atoms with Crippen molar-refractivity contribution in [2.45, 2.75) is 24.3 Å². The molecule has 0 unspecified atom stereocenters. The maximum absolute atomic E-state index is 13.2. The normalized spacial score (nSPS) is 28.6.